The number of benzene rings is 1. The molecule has 1 aromatic carbocycles. The summed E-state index contributed by atoms with van der Waals surface area (Å²) < 4.78 is 11.5. The summed E-state index contributed by atoms with van der Waals surface area (Å²) in [6.45, 7) is 2.73. The number of urea groups is 1. The molecule has 6 heteroatoms. The third-order valence-corrected chi connectivity index (χ3v) is 3.99. The molecule has 0 aliphatic carbocycles. The summed E-state index contributed by atoms with van der Waals surface area (Å²) in [5.41, 5.74) is 0.668. The van der Waals surface area contributed by atoms with Gasteiger partial charge in [-0.2, -0.15) is 0 Å². The lowest BCUT2D eigenvalue weighted by atomic mass is 10.1. The van der Waals surface area contributed by atoms with Crippen molar-refractivity contribution >= 4 is 27.6 Å². The maximum atomic E-state index is 12.0. The first-order valence-corrected chi connectivity index (χ1v) is 7.42. The highest BCUT2D eigenvalue weighted by atomic mass is 79.9. The van der Waals surface area contributed by atoms with Crippen LogP contribution in [0.2, 0.25) is 0 Å². The average molecular weight is 343 g/mol. The average Bonchev–Trinajstić information content (AvgIpc) is 2.95. The monoisotopic (exact) mass is 342 g/mol. The molecule has 2 N–H and O–H groups in total. The largest absolute Gasteiger partial charge is 0.497 e. The molecule has 0 radical (unpaired) electrons. The Hall–Kier alpha value is -1.27. The molecule has 2 amide bonds. The Balaban J connectivity index is 1.93. The zero-order valence-corrected chi connectivity index (χ0v) is 13.2. The molecule has 2 unspecified atom stereocenters. The standard InChI is InChI=1S/C14H19BrN2O3/c1-9(13-4-3-7-20-13)16-14(18)17-12-8-10(19-2)5-6-11(12)15/h5-6,8-9,13H,3-4,7H2,1-2H3,(H2,16,17,18). The van der Waals surface area contributed by atoms with Crippen molar-refractivity contribution in [1.29, 1.82) is 0 Å². The number of carbonyl (C=O) groups excluding carboxylic acids is 1. The zero-order chi connectivity index (χ0) is 14.5. The molecule has 1 aliphatic rings. The Morgan fingerprint density at radius 1 is 1.55 bits per heavy atom. The number of ether oxygens (including phenoxy) is 2. The van der Waals surface area contributed by atoms with Crippen molar-refractivity contribution in [2.75, 3.05) is 19.0 Å². The molecule has 0 aromatic heterocycles. The van der Waals surface area contributed by atoms with E-state index in [1.165, 1.54) is 0 Å². The summed E-state index contributed by atoms with van der Waals surface area (Å²) in [5.74, 6) is 0.690. The highest BCUT2D eigenvalue weighted by Gasteiger charge is 2.23. The first-order chi connectivity index (χ1) is 9.60. The summed E-state index contributed by atoms with van der Waals surface area (Å²) in [5, 5.41) is 5.71. The molecule has 2 atom stereocenters. The molecule has 0 bridgehead atoms. The lowest BCUT2D eigenvalue weighted by molar-refractivity contribution is 0.0868. The fraction of sp³-hybridized carbons (Fsp3) is 0.500. The van der Waals surface area contributed by atoms with Gasteiger partial charge in [-0.1, -0.05) is 0 Å². The van der Waals surface area contributed by atoms with Crippen molar-refractivity contribution in [3.8, 4) is 5.75 Å². The lowest BCUT2D eigenvalue weighted by Crippen LogP contribution is -2.43. The Bertz CT molecular complexity index is 475. The van der Waals surface area contributed by atoms with Gasteiger partial charge >= 0.3 is 6.03 Å². The summed E-state index contributed by atoms with van der Waals surface area (Å²) in [6, 6.07) is 5.16. The second-order valence-corrected chi connectivity index (χ2v) is 5.64. The van der Waals surface area contributed by atoms with Gasteiger partial charge in [0.05, 0.1) is 24.9 Å². The SMILES string of the molecule is COc1ccc(Br)c(NC(=O)NC(C)C2CCCO2)c1. The number of hydrogen-bond acceptors (Lipinski definition) is 3. The predicted octanol–water partition coefficient (Wildman–Crippen LogP) is 3.15. The molecular formula is C14H19BrN2O3. The molecule has 1 heterocycles. The van der Waals surface area contributed by atoms with E-state index in [0.29, 0.717) is 11.4 Å². The minimum atomic E-state index is -0.248. The molecule has 1 fully saturated rings. The molecule has 1 saturated heterocycles. The van der Waals surface area contributed by atoms with Crippen molar-refractivity contribution in [2.45, 2.75) is 31.9 Å². The minimum absolute atomic E-state index is 0.0121. The Labute approximate surface area is 127 Å². The minimum Gasteiger partial charge on any atom is -0.497 e. The normalized spacial score (nSPS) is 19.4. The fourth-order valence-corrected chi connectivity index (χ4v) is 2.53. The van der Waals surface area contributed by atoms with Gasteiger partial charge in [-0.3, -0.25) is 0 Å². The number of halogens is 1. The second-order valence-electron chi connectivity index (χ2n) is 4.78. The van der Waals surface area contributed by atoms with Gasteiger partial charge < -0.3 is 20.1 Å². The van der Waals surface area contributed by atoms with E-state index in [0.717, 1.165) is 23.9 Å². The van der Waals surface area contributed by atoms with E-state index in [1.807, 2.05) is 19.1 Å². The second kappa shape index (κ2) is 6.95. The Morgan fingerprint density at radius 2 is 2.35 bits per heavy atom. The van der Waals surface area contributed by atoms with E-state index in [9.17, 15) is 4.79 Å². The fourth-order valence-electron chi connectivity index (χ4n) is 2.18. The number of hydrogen-bond donors (Lipinski definition) is 2. The molecule has 2 rings (SSSR count). The van der Waals surface area contributed by atoms with Crippen molar-refractivity contribution in [3.05, 3.63) is 22.7 Å². The van der Waals surface area contributed by atoms with Gasteiger partial charge in [-0.15, -0.1) is 0 Å². The third kappa shape index (κ3) is 3.86. The number of nitrogens with one attached hydrogen (secondary N) is 2. The van der Waals surface area contributed by atoms with Gasteiger partial charge in [0, 0.05) is 17.1 Å². The van der Waals surface area contributed by atoms with E-state index < -0.39 is 0 Å². The van der Waals surface area contributed by atoms with Gasteiger partial charge in [0.25, 0.3) is 0 Å². The number of anilines is 1. The van der Waals surface area contributed by atoms with Gasteiger partial charge in [-0.25, -0.2) is 4.79 Å². The lowest BCUT2D eigenvalue weighted by Gasteiger charge is -2.20. The molecule has 0 spiro atoms. The van der Waals surface area contributed by atoms with Crippen LogP contribution in [0.1, 0.15) is 19.8 Å². The van der Waals surface area contributed by atoms with Crippen LogP contribution in [0.15, 0.2) is 22.7 Å². The molecule has 1 aromatic rings. The van der Waals surface area contributed by atoms with Crippen LogP contribution in [-0.4, -0.2) is 31.9 Å². The van der Waals surface area contributed by atoms with Crippen molar-refractivity contribution < 1.29 is 14.3 Å². The highest BCUT2D eigenvalue weighted by molar-refractivity contribution is 9.10. The van der Waals surface area contributed by atoms with Gasteiger partial charge in [0.15, 0.2) is 0 Å². The molecule has 5 nitrogen and oxygen atoms in total. The summed E-state index contributed by atoms with van der Waals surface area (Å²) in [4.78, 5) is 12.0. The van der Waals surface area contributed by atoms with Crippen molar-refractivity contribution in [1.82, 2.24) is 5.32 Å². The van der Waals surface area contributed by atoms with Crippen LogP contribution in [-0.2, 0) is 4.74 Å². The molecule has 0 saturated carbocycles. The predicted molar refractivity (Wildman–Crippen MR) is 81.3 cm³/mol. The number of carbonyl (C=O) groups is 1. The van der Waals surface area contributed by atoms with E-state index >= 15 is 0 Å². The van der Waals surface area contributed by atoms with Crippen LogP contribution in [0.25, 0.3) is 0 Å². The van der Waals surface area contributed by atoms with Crippen LogP contribution >= 0.6 is 15.9 Å². The number of methoxy groups -OCH3 is 1. The first kappa shape index (κ1) is 15.1. The van der Waals surface area contributed by atoms with Gasteiger partial charge in [0.1, 0.15) is 5.75 Å². The molecular weight excluding hydrogens is 324 g/mol. The van der Waals surface area contributed by atoms with Gasteiger partial charge in [-0.05, 0) is 47.8 Å². The molecule has 20 heavy (non-hydrogen) atoms. The van der Waals surface area contributed by atoms with E-state index in [4.69, 9.17) is 9.47 Å². The number of amides is 2. The maximum Gasteiger partial charge on any atom is 0.319 e. The molecule has 1 aliphatic heterocycles. The van der Waals surface area contributed by atoms with Crippen LogP contribution in [0.3, 0.4) is 0 Å². The Morgan fingerprint density at radius 3 is 3.00 bits per heavy atom. The topological polar surface area (TPSA) is 59.6 Å². The number of rotatable bonds is 4. The van der Waals surface area contributed by atoms with Crippen molar-refractivity contribution in [3.63, 3.8) is 0 Å². The van der Waals surface area contributed by atoms with Crippen molar-refractivity contribution in [2.24, 2.45) is 0 Å². The Kier molecular flexibility index (Phi) is 5.25. The first-order valence-electron chi connectivity index (χ1n) is 6.63. The summed E-state index contributed by atoms with van der Waals surface area (Å²) >= 11 is 3.40. The molecule has 110 valence electrons. The maximum absolute atomic E-state index is 12.0. The van der Waals surface area contributed by atoms with Crippen LogP contribution in [0.4, 0.5) is 10.5 Å². The van der Waals surface area contributed by atoms with Crippen LogP contribution < -0.4 is 15.4 Å². The highest BCUT2D eigenvalue weighted by Crippen LogP contribution is 2.27. The van der Waals surface area contributed by atoms with Crippen LogP contribution in [0.5, 0.6) is 5.75 Å². The quantitative estimate of drug-likeness (QED) is 0.883. The van der Waals surface area contributed by atoms with Crippen LogP contribution in [0, 0.1) is 0 Å². The van der Waals surface area contributed by atoms with E-state index in [2.05, 4.69) is 26.6 Å². The van der Waals surface area contributed by atoms with E-state index in [1.54, 1.807) is 13.2 Å². The summed E-state index contributed by atoms with van der Waals surface area (Å²) in [7, 11) is 1.59. The summed E-state index contributed by atoms with van der Waals surface area (Å²) in [6.07, 6.45) is 2.15. The zero-order valence-electron chi connectivity index (χ0n) is 11.6. The smallest absolute Gasteiger partial charge is 0.319 e. The third-order valence-electron chi connectivity index (χ3n) is 3.30. The van der Waals surface area contributed by atoms with Gasteiger partial charge in [0.2, 0.25) is 0 Å². The van der Waals surface area contributed by atoms with E-state index in [-0.39, 0.29) is 18.2 Å².